The van der Waals surface area contributed by atoms with Gasteiger partial charge in [-0.25, -0.2) is 0 Å². The molecule has 0 bridgehead atoms. The molecular formula is C20H30N4O2. The van der Waals surface area contributed by atoms with Crippen LogP contribution in [0.3, 0.4) is 0 Å². The molecule has 26 heavy (non-hydrogen) atoms. The van der Waals surface area contributed by atoms with Crippen LogP contribution in [0.4, 0.5) is 0 Å². The molecule has 0 radical (unpaired) electrons. The van der Waals surface area contributed by atoms with Crippen LogP contribution < -0.4 is 5.32 Å². The van der Waals surface area contributed by atoms with Gasteiger partial charge < -0.3 is 10.2 Å². The van der Waals surface area contributed by atoms with Crippen molar-refractivity contribution >= 4 is 11.8 Å². The smallest absolute Gasteiger partial charge is 0.248 e. The standard InChI is InChI=1S/C20H30N4O2/c1-15(2)18(25)24-12-8-20(9-13-24,19(26)23-16(3)4)7-5-6-17-14-21-10-11-22-17/h10-11,14,16H,1,5-9,12-13H2,2-4H3,(H,23,26). The summed E-state index contributed by atoms with van der Waals surface area (Å²) in [6.07, 6.45) is 8.97. The van der Waals surface area contributed by atoms with E-state index in [-0.39, 0.29) is 17.9 Å². The van der Waals surface area contributed by atoms with Gasteiger partial charge in [-0.2, -0.15) is 0 Å². The van der Waals surface area contributed by atoms with Crippen molar-refractivity contribution in [2.24, 2.45) is 5.41 Å². The normalized spacial score (nSPS) is 16.4. The number of carbonyl (C=O) groups is 2. The summed E-state index contributed by atoms with van der Waals surface area (Å²) in [5, 5.41) is 3.08. The van der Waals surface area contributed by atoms with E-state index in [2.05, 4.69) is 21.9 Å². The zero-order valence-corrected chi connectivity index (χ0v) is 16.1. The predicted octanol–water partition coefficient (Wildman–Crippen LogP) is 2.51. The van der Waals surface area contributed by atoms with Crippen molar-refractivity contribution in [1.82, 2.24) is 20.2 Å². The molecule has 0 aliphatic carbocycles. The van der Waals surface area contributed by atoms with Crippen LogP contribution in [0.5, 0.6) is 0 Å². The second kappa shape index (κ2) is 8.92. The van der Waals surface area contributed by atoms with Crippen LogP contribution in [-0.2, 0) is 16.0 Å². The van der Waals surface area contributed by atoms with Crippen molar-refractivity contribution in [2.45, 2.75) is 58.9 Å². The third kappa shape index (κ3) is 5.13. The number of aromatic nitrogens is 2. The highest BCUT2D eigenvalue weighted by Gasteiger charge is 2.41. The first-order valence-corrected chi connectivity index (χ1v) is 9.35. The van der Waals surface area contributed by atoms with Gasteiger partial charge in [-0.1, -0.05) is 6.58 Å². The van der Waals surface area contributed by atoms with Gasteiger partial charge in [0.1, 0.15) is 0 Å². The second-order valence-corrected chi connectivity index (χ2v) is 7.53. The number of rotatable bonds is 7. The lowest BCUT2D eigenvalue weighted by Crippen LogP contribution is -2.51. The lowest BCUT2D eigenvalue weighted by Gasteiger charge is -2.41. The lowest BCUT2D eigenvalue weighted by molar-refractivity contribution is -0.139. The number of likely N-dealkylation sites (tertiary alicyclic amines) is 1. The van der Waals surface area contributed by atoms with Crippen molar-refractivity contribution in [2.75, 3.05) is 13.1 Å². The van der Waals surface area contributed by atoms with Crippen LogP contribution in [0.2, 0.25) is 0 Å². The fraction of sp³-hybridized carbons (Fsp3) is 0.600. The zero-order chi connectivity index (χ0) is 19.2. The SMILES string of the molecule is C=C(C)C(=O)N1CCC(CCCc2cnccn2)(C(=O)NC(C)C)CC1. The Hall–Kier alpha value is -2.24. The number of nitrogens with zero attached hydrogens (tertiary/aromatic N) is 3. The molecule has 1 aliphatic heterocycles. The first-order chi connectivity index (χ1) is 12.3. The van der Waals surface area contributed by atoms with E-state index in [0.29, 0.717) is 31.5 Å². The first-order valence-electron chi connectivity index (χ1n) is 9.35. The van der Waals surface area contributed by atoms with Crippen LogP contribution >= 0.6 is 0 Å². The number of nitrogens with one attached hydrogen (secondary N) is 1. The summed E-state index contributed by atoms with van der Waals surface area (Å²) in [4.78, 5) is 35.3. The van der Waals surface area contributed by atoms with E-state index in [9.17, 15) is 9.59 Å². The maximum atomic E-state index is 12.9. The van der Waals surface area contributed by atoms with E-state index in [1.165, 1.54) is 0 Å². The van der Waals surface area contributed by atoms with E-state index in [1.54, 1.807) is 25.5 Å². The van der Waals surface area contributed by atoms with E-state index in [4.69, 9.17) is 0 Å². The molecule has 0 unspecified atom stereocenters. The molecule has 6 heteroatoms. The summed E-state index contributed by atoms with van der Waals surface area (Å²) >= 11 is 0. The summed E-state index contributed by atoms with van der Waals surface area (Å²) in [7, 11) is 0. The molecule has 2 amide bonds. The minimum Gasteiger partial charge on any atom is -0.353 e. The van der Waals surface area contributed by atoms with Crippen LogP contribution in [0.15, 0.2) is 30.7 Å². The summed E-state index contributed by atoms with van der Waals surface area (Å²) in [6.45, 7) is 10.6. The van der Waals surface area contributed by atoms with Gasteiger partial charge in [0.05, 0.1) is 11.1 Å². The number of piperidine rings is 1. The highest BCUT2D eigenvalue weighted by molar-refractivity contribution is 5.92. The molecule has 1 aromatic rings. The van der Waals surface area contributed by atoms with Crippen molar-refractivity contribution < 1.29 is 9.59 Å². The van der Waals surface area contributed by atoms with E-state index in [1.807, 2.05) is 18.7 Å². The molecule has 2 rings (SSSR count). The van der Waals surface area contributed by atoms with E-state index < -0.39 is 5.41 Å². The highest BCUT2D eigenvalue weighted by atomic mass is 16.2. The Kier molecular flexibility index (Phi) is 6.89. The van der Waals surface area contributed by atoms with Crippen LogP contribution in [0.25, 0.3) is 0 Å². The number of amides is 2. The molecule has 6 nitrogen and oxygen atoms in total. The molecule has 1 aromatic heterocycles. The van der Waals surface area contributed by atoms with Crippen molar-refractivity contribution in [1.29, 1.82) is 0 Å². The van der Waals surface area contributed by atoms with Crippen molar-refractivity contribution in [3.8, 4) is 0 Å². The van der Waals surface area contributed by atoms with Gasteiger partial charge >= 0.3 is 0 Å². The predicted molar refractivity (Wildman–Crippen MR) is 101 cm³/mol. The van der Waals surface area contributed by atoms with Crippen molar-refractivity contribution in [3.05, 3.63) is 36.4 Å². The quantitative estimate of drug-likeness (QED) is 0.760. The third-order valence-electron chi connectivity index (χ3n) is 4.98. The molecule has 0 spiro atoms. The monoisotopic (exact) mass is 358 g/mol. The molecule has 1 saturated heterocycles. The molecule has 0 atom stereocenters. The molecular weight excluding hydrogens is 328 g/mol. The number of hydrogen-bond donors (Lipinski definition) is 1. The Morgan fingerprint density at radius 3 is 2.54 bits per heavy atom. The second-order valence-electron chi connectivity index (χ2n) is 7.53. The largest absolute Gasteiger partial charge is 0.353 e. The fourth-order valence-electron chi connectivity index (χ4n) is 3.48. The first kappa shape index (κ1) is 20.1. The molecule has 1 fully saturated rings. The number of aryl methyl sites for hydroxylation is 1. The summed E-state index contributed by atoms with van der Waals surface area (Å²) < 4.78 is 0. The van der Waals surface area contributed by atoms with Gasteiger partial charge in [-0.3, -0.25) is 19.6 Å². The van der Waals surface area contributed by atoms with Gasteiger partial charge in [-0.05, 0) is 52.9 Å². The molecule has 142 valence electrons. The maximum Gasteiger partial charge on any atom is 0.248 e. The average molecular weight is 358 g/mol. The molecule has 2 heterocycles. The summed E-state index contributed by atoms with van der Waals surface area (Å²) in [6, 6.07) is 0.106. The topological polar surface area (TPSA) is 75.2 Å². The minimum absolute atomic E-state index is 0.0116. The number of carbonyl (C=O) groups excluding carboxylic acids is 2. The van der Waals surface area contributed by atoms with Crippen LogP contribution in [-0.4, -0.2) is 45.8 Å². The van der Waals surface area contributed by atoms with E-state index in [0.717, 1.165) is 25.0 Å². The highest BCUT2D eigenvalue weighted by Crippen LogP contribution is 2.37. The minimum atomic E-state index is -0.418. The lowest BCUT2D eigenvalue weighted by atomic mass is 9.73. The summed E-state index contributed by atoms with van der Waals surface area (Å²) in [5.74, 6) is 0.0940. The Balaban J connectivity index is 2.03. The van der Waals surface area contributed by atoms with Gasteiger partial charge in [0.2, 0.25) is 11.8 Å². The Bertz CT molecular complexity index is 634. The van der Waals surface area contributed by atoms with Crippen LogP contribution in [0.1, 0.15) is 52.1 Å². The Labute approximate surface area is 156 Å². The van der Waals surface area contributed by atoms with Gasteiger partial charge in [-0.15, -0.1) is 0 Å². The third-order valence-corrected chi connectivity index (χ3v) is 4.98. The number of hydrogen-bond acceptors (Lipinski definition) is 4. The Morgan fingerprint density at radius 1 is 1.31 bits per heavy atom. The van der Waals surface area contributed by atoms with Gasteiger partial charge in [0.25, 0.3) is 0 Å². The van der Waals surface area contributed by atoms with Crippen molar-refractivity contribution in [3.63, 3.8) is 0 Å². The van der Waals surface area contributed by atoms with Crippen LogP contribution in [0, 0.1) is 5.41 Å². The van der Waals surface area contributed by atoms with Gasteiger partial charge in [0.15, 0.2) is 0 Å². The zero-order valence-electron chi connectivity index (χ0n) is 16.1. The van der Waals surface area contributed by atoms with E-state index >= 15 is 0 Å². The molecule has 1 aliphatic rings. The molecule has 0 saturated carbocycles. The van der Waals surface area contributed by atoms with Gasteiger partial charge in [0, 0.05) is 43.3 Å². The summed E-state index contributed by atoms with van der Waals surface area (Å²) in [5.41, 5.74) is 1.08. The molecule has 1 N–H and O–H groups in total. The fourth-order valence-corrected chi connectivity index (χ4v) is 3.48. The Morgan fingerprint density at radius 2 is 2.00 bits per heavy atom. The molecule has 0 aromatic carbocycles. The average Bonchev–Trinajstić information content (AvgIpc) is 2.62. The maximum absolute atomic E-state index is 12.9.